The fourth-order valence-electron chi connectivity index (χ4n) is 1.74. The molecule has 2 aromatic rings. The maximum absolute atomic E-state index is 11.7. The van der Waals surface area contributed by atoms with Crippen molar-refractivity contribution < 1.29 is 9.72 Å². The summed E-state index contributed by atoms with van der Waals surface area (Å²) in [6, 6.07) is 10.9. The molecule has 0 saturated heterocycles. The third-order valence-electron chi connectivity index (χ3n) is 2.90. The molecular formula is C15H12Cl2N4O3. The minimum atomic E-state index is -0.542. The van der Waals surface area contributed by atoms with Gasteiger partial charge in [-0.2, -0.15) is 5.10 Å². The van der Waals surface area contributed by atoms with Crippen molar-refractivity contribution in [3.8, 4) is 0 Å². The van der Waals surface area contributed by atoms with Gasteiger partial charge in [-0.25, -0.2) is 5.43 Å². The monoisotopic (exact) mass is 366 g/mol. The molecule has 0 saturated carbocycles. The first-order valence-electron chi connectivity index (χ1n) is 6.71. The quantitative estimate of drug-likeness (QED) is 0.464. The number of non-ortho nitro benzene ring substituents is 1. The van der Waals surface area contributed by atoms with Crippen LogP contribution in [0.5, 0.6) is 0 Å². The van der Waals surface area contributed by atoms with Gasteiger partial charge in [0.05, 0.1) is 28.4 Å². The number of halogens is 2. The molecule has 2 aromatic carbocycles. The molecular weight excluding hydrogens is 355 g/mol. The van der Waals surface area contributed by atoms with Crippen LogP contribution < -0.4 is 10.7 Å². The normalized spacial score (nSPS) is 10.6. The van der Waals surface area contributed by atoms with E-state index in [9.17, 15) is 14.9 Å². The number of amides is 1. The Kier molecular flexibility index (Phi) is 6.11. The van der Waals surface area contributed by atoms with E-state index in [0.29, 0.717) is 16.3 Å². The number of hydrogen-bond acceptors (Lipinski definition) is 5. The van der Waals surface area contributed by atoms with Gasteiger partial charge in [-0.15, -0.1) is 0 Å². The first kappa shape index (κ1) is 17.7. The Morgan fingerprint density at radius 2 is 1.96 bits per heavy atom. The molecule has 0 fully saturated rings. The Labute approximate surface area is 147 Å². The number of hydrogen-bond donors (Lipinski definition) is 2. The first-order valence-corrected chi connectivity index (χ1v) is 7.47. The van der Waals surface area contributed by atoms with Crippen molar-refractivity contribution in [2.45, 2.75) is 0 Å². The number of carbonyl (C=O) groups excluding carboxylic acids is 1. The second kappa shape index (κ2) is 8.28. The van der Waals surface area contributed by atoms with Gasteiger partial charge in [0.1, 0.15) is 0 Å². The number of carbonyl (C=O) groups is 1. The molecule has 0 heterocycles. The average molecular weight is 367 g/mol. The van der Waals surface area contributed by atoms with Gasteiger partial charge in [0.2, 0.25) is 0 Å². The van der Waals surface area contributed by atoms with E-state index < -0.39 is 10.8 Å². The lowest BCUT2D eigenvalue weighted by atomic mass is 10.2. The molecule has 1 amide bonds. The Morgan fingerprint density at radius 1 is 1.21 bits per heavy atom. The number of rotatable bonds is 6. The van der Waals surface area contributed by atoms with Gasteiger partial charge in [0.15, 0.2) is 0 Å². The minimum Gasteiger partial charge on any atom is -0.375 e. The van der Waals surface area contributed by atoms with E-state index in [2.05, 4.69) is 15.8 Å². The van der Waals surface area contributed by atoms with Gasteiger partial charge < -0.3 is 5.32 Å². The highest BCUT2D eigenvalue weighted by Crippen LogP contribution is 2.21. The zero-order valence-corrected chi connectivity index (χ0v) is 13.7. The summed E-state index contributed by atoms with van der Waals surface area (Å²) in [5.74, 6) is -0.410. The Morgan fingerprint density at radius 3 is 2.67 bits per heavy atom. The van der Waals surface area contributed by atoms with Gasteiger partial charge in [0, 0.05) is 22.7 Å². The van der Waals surface area contributed by atoms with Crippen molar-refractivity contribution in [2.24, 2.45) is 5.10 Å². The van der Waals surface area contributed by atoms with Crippen LogP contribution in [-0.4, -0.2) is 23.6 Å². The van der Waals surface area contributed by atoms with Crippen molar-refractivity contribution in [1.29, 1.82) is 0 Å². The number of hydrazone groups is 1. The second-order valence-corrected chi connectivity index (χ2v) is 5.40. The summed E-state index contributed by atoms with van der Waals surface area (Å²) < 4.78 is 0. The Balaban J connectivity index is 1.92. The third-order valence-corrected chi connectivity index (χ3v) is 3.57. The predicted octanol–water partition coefficient (Wildman–Crippen LogP) is 3.46. The number of para-hydroxylation sites is 1. The topological polar surface area (TPSA) is 96.6 Å². The summed E-state index contributed by atoms with van der Waals surface area (Å²) in [5.41, 5.74) is 3.12. The summed E-state index contributed by atoms with van der Waals surface area (Å²) in [5, 5.41) is 18.1. The number of anilines is 1. The summed E-state index contributed by atoms with van der Waals surface area (Å²) in [4.78, 5) is 21.9. The van der Waals surface area contributed by atoms with Gasteiger partial charge >= 0.3 is 0 Å². The molecule has 2 rings (SSSR count). The molecule has 0 bridgehead atoms. The van der Waals surface area contributed by atoms with Crippen LogP contribution in [0.4, 0.5) is 11.4 Å². The Bertz CT molecular complexity index is 796. The van der Waals surface area contributed by atoms with E-state index in [1.807, 2.05) is 0 Å². The highest BCUT2D eigenvalue weighted by Gasteiger charge is 2.08. The van der Waals surface area contributed by atoms with Crippen molar-refractivity contribution in [3.63, 3.8) is 0 Å². The van der Waals surface area contributed by atoms with E-state index in [1.165, 1.54) is 24.4 Å². The number of nitrogens with one attached hydrogen (secondary N) is 2. The van der Waals surface area contributed by atoms with Crippen LogP contribution in [0.1, 0.15) is 5.56 Å². The Hall–Kier alpha value is -2.64. The highest BCUT2D eigenvalue weighted by atomic mass is 35.5. The van der Waals surface area contributed by atoms with Crippen molar-refractivity contribution in [1.82, 2.24) is 5.43 Å². The summed E-state index contributed by atoms with van der Waals surface area (Å²) >= 11 is 11.9. The molecule has 24 heavy (non-hydrogen) atoms. The lowest BCUT2D eigenvalue weighted by Crippen LogP contribution is -2.26. The largest absolute Gasteiger partial charge is 0.375 e. The van der Waals surface area contributed by atoms with Crippen molar-refractivity contribution >= 4 is 46.7 Å². The zero-order valence-electron chi connectivity index (χ0n) is 12.2. The molecule has 0 aliphatic rings. The molecule has 2 N–H and O–H groups in total. The zero-order chi connectivity index (χ0) is 17.5. The standard InChI is InChI=1S/C15H12Cl2N4O3/c16-12-6-5-11(21(23)24)7-10(12)8-19-20-15(22)9-18-14-4-2-1-3-13(14)17/h1-8,18H,9H2,(H,20,22)/b19-8-. The molecule has 0 atom stereocenters. The van der Waals surface area contributed by atoms with Gasteiger partial charge in [0.25, 0.3) is 11.6 Å². The van der Waals surface area contributed by atoms with Gasteiger partial charge in [-0.3, -0.25) is 14.9 Å². The van der Waals surface area contributed by atoms with Crippen molar-refractivity contribution in [3.05, 3.63) is 68.2 Å². The maximum Gasteiger partial charge on any atom is 0.270 e. The van der Waals surface area contributed by atoms with Crippen LogP contribution in [-0.2, 0) is 4.79 Å². The fourth-order valence-corrected chi connectivity index (χ4v) is 2.11. The van der Waals surface area contributed by atoms with Crippen LogP contribution in [0.2, 0.25) is 10.0 Å². The summed E-state index contributed by atoms with van der Waals surface area (Å²) in [7, 11) is 0. The lowest BCUT2D eigenvalue weighted by Gasteiger charge is -2.06. The van der Waals surface area contributed by atoms with E-state index in [4.69, 9.17) is 23.2 Å². The second-order valence-electron chi connectivity index (χ2n) is 4.59. The third kappa shape index (κ3) is 4.94. The molecule has 9 heteroatoms. The minimum absolute atomic E-state index is 0.0380. The first-order chi connectivity index (χ1) is 11.5. The molecule has 0 aliphatic carbocycles. The van der Waals surface area contributed by atoms with Crippen molar-refractivity contribution in [2.75, 3.05) is 11.9 Å². The molecule has 7 nitrogen and oxygen atoms in total. The van der Waals surface area contributed by atoms with Gasteiger partial charge in [-0.05, 0) is 18.2 Å². The van der Waals surface area contributed by atoms with E-state index >= 15 is 0 Å². The lowest BCUT2D eigenvalue weighted by molar-refractivity contribution is -0.384. The molecule has 0 radical (unpaired) electrons. The molecule has 0 aliphatic heterocycles. The predicted molar refractivity (Wildman–Crippen MR) is 93.8 cm³/mol. The van der Waals surface area contributed by atoms with Crippen LogP contribution >= 0.6 is 23.2 Å². The van der Waals surface area contributed by atoms with E-state index in [0.717, 1.165) is 0 Å². The molecule has 0 aromatic heterocycles. The molecule has 0 spiro atoms. The number of nitro groups is 1. The summed E-state index contributed by atoms with van der Waals surface area (Å²) in [6.45, 7) is -0.0380. The number of nitro benzene ring substituents is 1. The van der Waals surface area contributed by atoms with Crippen LogP contribution in [0.15, 0.2) is 47.6 Å². The summed E-state index contributed by atoms with van der Waals surface area (Å²) in [6.07, 6.45) is 1.24. The smallest absolute Gasteiger partial charge is 0.270 e. The van der Waals surface area contributed by atoms with Crippen LogP contribution in [0.3, 0.4) is 0 Å². The number of benzene rings is 2. The number of nitrogens with zero attached hydrogens (tertiary/aromatic N) is 2. The fraction of sp³-hybridized carbons (Fsp3) is 0.0667. The SMILES string of the molecule is O=C(CNc1ccccc1Cl)N/N=C\c1cc([N+](=O)[O-])ccc1Cl. The molecule has 0 unspecified atom stereocenters. The molecule has 124 valence electrons. The van der Waals surface area contributed by atoms with Gasteiger partial charge in [-0.1, -0.05) is 35.3 Å². The van der Waals surface area contributed by atoms with E-state index in [1.54, 1.807) is 24.3 Å². The maximum atomic E-state index is 11.7. The highest BCUT2D eigenvalue weighted by molar-refractivity contribution is 6.33. The van der Waals surface area contributed by atoms with E-state index in [-0.39, 0.29) is 17.3 Å². The average Bonchev–Trinajstić information content (AvgIpc) is 2.55. The van der Waals surface area contributed by atoms with Crippen LogP contribution in [0, 0.1) is 10.1 Å². The van der Waals surface area contributed by atoms with Crippen LogP contribution in [0.25, 0.3) is 0 Å².